The molecule has 0 aromatic heterocycles. The Morgan fingerprint density at radius 1 is 0.920 bits per heavy atom. The first-order chi connectivity index (χ1) is 11.8. The topological polar surface area (TPSA) is 92.3 Å². The molecule has 1 saturated carbocycles. The average molecular weight is 358 g/mol. The Balaban J connectivity index is 1.64. The number of amides is 2. The van der Waals surface area contributed by atoms with Crippen LogP contribution in [-0.2, 0) is 20.0 Å². The quantitative estimate of drug-likeness (QED) is 0.812. The van der Waals surface area contributed by atoms with Crippen molar-refractivity contribution < 1.29 is 18.0 Å². The lowest BCUT2D eigenvalue weighted by atomic mass is 9.95. The Morgan fingerprint density at radius 2 is 1.52 bits per heavy atom. The van der Waals surface area contributed by atoms with Crippen LogP contribution in [0.15, 0.2) is 59.5 Å². The van der Waals surface area contributed by atoms with E-state index in [0.717, 1.165) is 24.7 Å². The fourth-order valence-electron chi connectivity index (χ4n) is 2.69. The third-order valence-corrected chi connectivity index (χ3v) is 5.47. The van der Waals surface area contributed by atoms with Crippen LogP contribution < -0.4 is 10.9 Å². The molecule has 2 aromatic carbocycles. The Labute approximate surface area is 146 Å². The first kappa shape index (κ1) is 17.2. The Kier molecular flexibility index (Phi) is 4.34. The molecule has 2 aromatic rings. The zero-order valence-corrected chi connectivity index (χ0v) is 14.5. The van der Waals surface area contributed by atoms with E-state index in [0.29, 0.717) is 0 Å². The molecular formula is C18H18N2O4S. The molecule has 2 amide bonds. The van der Waals surface area contributed by atoms with Crippen molar-refractivity contribution in [3.63, 3.8) is 0 Å². The molecule has 0 bridgehead atoms. The summed E-state index contributed by atoms with van der Waals surface area (Å²) in [6.45, 7) is 0. The van der Waals surface area contributed by atoms with Gasteiger partial charge in [0.15, 0.2) is 9.84 Å². The summed E-state index contributed by atoms with van der Waals surface area (Å²) in [6, 6.07) is 15.0. The van der Waals surface area contributed by atoms with E-state index < -0.39 is 21.2 Å². The number of carbonyl (C=O) groups is 2. The number of rotatable bonds is 4. The molecule has 1 aliphatic rings. The van der Waals surface area contributed by atoms with E-state index in [2.05, 4.69) is 10.9 Å². The molecule has 7 heteroatoms. The van der Waals surface area contributed by atoms with Crippen molar-refractivity contribution in [3.8, 4) is 0 Å². The van der Waals surface area contributed by atoms with E-state index >= 15 is 0 Å². The summed E-state index contributed by atoms with van der Waals surface area (Å²) in [4.78, 5) is 24.7. The number of sulfone groups is 1. The molecule has 0 atom stereocenters. The standard InChI is InChI=1S/C18H18N2O4S/c1-25(23,24)15-9-7-13(8-10-15)16(21)19-20-17(22)18(11-12-18)14-5-3-2-4-6-14/h2-10H,11-12H2,1H3,(H,19,21)(H,20,22). The summed E-state index contributed by atoms with van der Waals surface area (Å²) in [7, 11) is -3.31. The second-order valence-electron chi connectivity index (χ2n) is 6.15. The summed E-state index contributed by atoms with van der Waals surface area (Å²) >= 11 is 0. The van der Waals surface area contributed by atoms with Crippen LogP contribution in [0.2, 0.25) is 0 Å². The van der Waals surface area contributed by atoms with Crippen LogP contribution in [0.3, 0.4) is 0 Å². The molecule has 0 heterocycles. The summed E-state index contributed by atoms with van der Waals surface area (Å²) < 4.78 is 22.8. The second kappa shape index (κ2) is 6.33. The first-order valence-electron chi connectivity index (χ1n) is 7.79. The fourth-order valence-corrected chi connectivity index (χ4v) is 3.32. The minimum absolute atomic E-state index is 0.133. The highest BCUT2D eigenvalue weighted by atomic mass is 32.2. The van der Waals surface area contributed by atoms with E-state index in [1.54, 1.807) is 0 Å². The number of hydrogen-bond acceptors (Lipinski definition) is 4. The van der Waals surface area contributed by atoms with E-state index in [1.807, 2.05) is 30.3 Å². The van der Waals surface area contributed by atoms with E-state index in [4.69, 9.17) is 0 Å². The minimum atomic E-state index is -3.31. The van der Waals surface area contributed by atoms with Crippen molar-refractivity contribution in [3.05, 3.63) is 65.7 Å². The molecule has 0 radical (unpaired) electrons. The predicted octanol–water partition coefficient (Wildman–Crippen LogP) is 1.58. The fraction of sp³-hybridized carbons (Fsp3) is 0.222. The number of benzene rings is 2. The van der Waals surface area contributed by atoms with Gasteiger partial charge in [0.1, 0.15) is 0 Å². The third-order valence-electron chi connectivity index (χ3n) is 4.35. The molecule has 0 spiro atoms. The van der Waals surface area contributed by atoms with Crippen molar-refractivity contribution in [1.29, 1.82) is 0 Å². The molecule has 130 valence electrons. The highest BCUT2D eigenvalue weighted by Crippen LogP contribution is 2.48. The van der Waals surface area contributed by atoms with Crippen LogP contribution in [0.5, 0.6) is 0 Å². The van der Waals surface area contributed by atoms with Gasteiger partial charge in [-0.1, -0.05) is 30.3 Å². The molecule has 0 unspecified atom stereocenters. The van der Waals surface area contributed by atoms with E-state index in [1.165, 1.54) is 24.3 Å². The van der Waals surface area contributed by atoms with Crippen LogP contribution in [0.1, 0.15) is 28.8 Å². The molecule has 2 N–H and O–H groups in total. The van der Waals surface area contributed by atoms with E-state index in [-0.39, 0.29) is 16.4 Å². The average Bonchev–Trinajstić information content (AvgIpc) is 3.41. The predicted molar refractivity (Wildman–Crippen MR) is 92.5 cm³/mol. The monoisotopic (exact) mass is 358 g/mol. The number of nitrogens with one attached hydrogen (secondary N) is 2. The zero-order chi connectivity index (χ0) is 18.1. The van der Waals surface area contributed by atoms with Gasteiger partial charge in [-0.25, -0.2) is 8.42 Å². The first-order valence-corrected chi connectivity index (χ1v) is 9.68. The Morgan fingerprint density at radius 3 is 2.04 bits per heavy atom. The summed E-state index contributed by atoms with van der Waals surface area (Å²) in [5.74, 6) is -0.753. The van der Waals surface area contributed by atoms with Crippen LogP contribution in [-0.4, -0.2) is 26.5 Å². The van der Waals surface area contributed by atoms with Crippen molar-refractivity contribution in [2.24, 2.45) is 0 Å². The molecule has 0 saturated heterocycles. The maximum atomic E-state index is 12.4. The van der Waals surface area contributed by atoms with Gasteiger partial charge >= 0.3 is 0 Å². The van der Waals surface area contributed by atoms with Crippen molar-refractivity contribution in [1.82, 2.24) is 10.9 Å². The SMILES string of the molecule is CS(=O)(=O)c1ccc(C(=O)NNC(=O)C2(c3ccccc3)CC2)cc1. The number of carbonyl (C=O) groups excluding carboxylic acids is 2. The van der Waals surface area contributed by atoms with Gasteiger partial charge in [-0.2, -0.15) is 0 Å². The van der Waals surface area contributed by atoms with Crippen LogP contribution in [0.25, 0.3) is 0 Å². The third kappa shape index (κ3) is 3.56. The molecule has 1 aliphatic carbocycles. The van der Waals surface area contributed by atoms with Gasteiger partial charge in [0.25, 0.3) is 5.91 Å². The Bertz CT molecular complexity index is 902. The van der Waals surface area contributed by atoms with Gasteiger partial charge in [-0.05, 0) is 42.7 Å². The summed E-state index contributed by atoms with van der Waals surface area (Å²) in [6.07, 6.45) is 2.57. The molecule has 1 fully saturated rings. The summed E-state index contributed by atoms with van der Waals surface area (Å²) in [5, 5.41) is 0. The largest absolute Gasteiger partial charge is 0.272 e. The van der Waals surface area contributed by atoms with Crippen LogP contribution >= 0.6 is 0 Å². The lowest BCUT2D eigenvalue weighted by molar-refractivity contribution is -0.124. The lowest BCUT2D eigenvalue weighted by Gasteiger charge is -2.16. The summed E-state index contributed by atoms with van der Waals surface area (Å²) in [5.41, 5.74) is 5.47. The number of hydrogen-bond donors (Lipinski definition) is 2. The van der Waals surface area contributed by atoms with Gasteiger partial charge < -0.3 is 0 Å². The normalized spacial score (nSPS) is 15.2. The highest BCUT2D eigenvalue weighted by Gasteiger charge is 2.51. The van der Waals surface area contributed by atoms with Gasteiger partial charge in [0.05, 0.1) is 10.3 Å². The van der Waals surface area contributed by atoms with E-state index in [9.17, 15) is 18.0 Å². The zero-order valence-electron chi connectivity index (χ0n) is 13.7. The van der Waals surface area contributed by atoms with Crippen LogP contribution in [0.4, 0.5) is 0 Å². The van der Waals surface area contributed by atoms with Gasteiger partial charge in [0.2, 0.25) is 5.91 Å². The molecule has 6 nitrogen and oxygen atoms in total. The smallest absolute Gasteiger partial charge is 0.269 e. The maximum Gasteiger partial charge on any atom is 0.269 e. The highest BCUT2D eigenvalue weighted by molar-refractivity contribution is 7.90. The minimum Gasteiger partial charge on any atom is -0.272 e. The van der Waals surface area contributed by atoms with Gasteiger partial charge in [0, 0.05) is 11.8 Å². The number of hydrazine groups is 1. The molecule has 3 rings (SSSR count). The van der Waals surface area contributed by atoms with Gasteiger partial charge in [-0.3, -0.25) is 20.4 Å². The lowest BCUT2D eigenvalue weighted by Crippen LogP contribution is -2.46. The molecular weight excluding hydrogens is 340 g/mol. The van der Waals surface area contributed by atoms with Crippen molar-refractivity contribution in [2.75, 3.05) is 6.26 Å². The second-order valence-corrected chi connectivity index (χ2v) is 8.17. The maximum absolute atomic E-state index is 12.4. The van der Waals surface area contributed by atoms with Crippen molar-refractivity contribution >= 4 is 21.7 Å². The Hall–Kier alpha value is -2.67. The van der Waals surface area contributed by atoms with Crippen molar-refractivity contribution in [2.45, 2.75) is 23.2 Å². The van der Waals surface area contributed by atoms with Gasteiger partial charge in [-0.15, -0.1) is 0 Å². The molecule has 0 aliphatic heterocycles. The molecule has 25 heavy (non-hydrogen) atoms. The van der Waals surface area contributed by atoms with Crippen LogP contribution in [0, 0.1) is 0 Å².